The SMILES string of the molecule is C=CC(=O)OCC(O)OCCCC. The van der Waals surface area contributed by atoms with Gasteiger partial charge in [0, 0.05) is 12.7 Å². The number of aliphatic hydroxyl groups excluding tert-OH is 1. The fraction of sp³-hybridized carbons (Fsp3) is 0.667. The normalized spacial score (nSPS) is 12.2. The summed E-state index contributed by atoms with van der Waals surface area (Å²) in [6.45, 7) is 5.57. The Morgan fingerprint density at radius 3 is 2.92 bits per heavy atom. The number of carbonyl (C=O) groups is 1. The zero-order chi connectivity index (χ0) is 10.1. The smallest absolute Gasteiger partial charge is 0.330 e. The summed E-state index contributed by atoms with van der Waals surface area (Å²) in [6.07, 6.45) is 1.89. The second-order valence-corrected chi connectivity index (χ2v) is 2.51. The maximum Gasteiger partial charge on any atom is 0.330 e. The van der Waals surface area contributed by atoms with Crippen LogP contribution in [0.15, 0.2) is 12.7 Å². The minimum atomic E-state index is -1.03. The number of esters is 1. The van der Waals surface area contributed by atoms with Gasteiger partial charge in [-0.1, -0.05) is 19.9 Å². The molecule has 0 aliphatic rings. The Bertz CT molecular complexity index is 156. The van der Waals surface area contributed by atoms with Gasteiger partial charge in [-0.15, -0.1) is 0 Å². The highest BCUT2D eigenvalue weighted by molar-refractivity contribution is 5.81. The third-order valence-corrected chi connectivity index (χ3v) is 1.34. The van der Waals surface area contributed by atoms with Crippen LogP contribution in [0.1, 0.15) is 19.8 Å². The average molecular weight is 188 g/mol. The standard InChI is InChI=1S/C9H16O4/c1-3-5-6-12-9(11)7-13-8(10)4-2/h4,9,11H,2-3,5-7H2,1H3. The van der Waals surface area contributed by atoms with Crippen LogP contribution in [0.25, 0.3) is 0 Å². The van der Waals surface area contributed by atoms with E-state index in [1.54, 1.807) is 0 Å². The van der Waals surface area contributed by atoms with E-state index in [9.17, 15) is 4.79 Å². The van der Waals surface area contributed by atoms with Crippen LogP contribution in [-0.4, -0.2) is 30.6 Å². The topological polar surface area (TPSA) is 55.8 Å². The Balaban J connectivity index is 3.34. The molecule has 1 atom stereocenters. The Morgan fingerprint density at radius 2 is 2.38 bits per heavy atom. The number of rotatable bonds is 7. The fourth-order valence-electron chi connectivity index (χ4n) is 0.624. The van der Waals surface area contributed by atoms with E-state index in [1.807, 2.05) is 6.92 Å². The predicted octanol–water partition coefficient (Wildman–Crippen LogP) is 0.851. The summed E-state index contributed by atoms with van der Waals surface area (Å²) in [6, 6.07) is 0. The Kier molecular flexibility index (Phi) is 7.24. The third kappa shape index (κ3) is 7.49. The van der Waals surface area contributed by atoms with E-state index < -0.39 is 12.3 Å². The summed E-state index contributed by atoms with van der Waals surface area (Å²) in [5.74, 6) is -0.557. The van der Waals surface area contributed by atoms with E-state index in [1.165, 1.54) is 0 Å². The van der Waals surface area contributed by atoms with Crippen LogP contribution in [0.4, 0.5) is 0 Å². The van der Waals surface area contributed by atoms with Crippen molar-refractivity contribution in [2.75, 3.05) is 13.2 Å². The molecule has 0 aromatic heterocycles. The Labute approximate surface area is 78.2 Å². The molecule has 0 bridgehead atoms. The molecule has 0 amide bonds. The summed E-state index contributed by atoms with van der Waals surface area (Å²) in [4.78, 5) is 10.5. The fourth-order valence-corrected chi connectivity index (χ4v) is 0.624. The van der Waals surface area contributed by atoms with Crippen LogP contribution >= 0.6 is 0 Å². The van der Waals surface area contributed by atoms with Crippen molar-refractivity contribution in [3.05, 3.63) is 12.7 Å². The lowest BCUT2D eigenvalue weighted by Crippen LogP contribution is -2.21. The van der Waals surface area contributed by atoms with Crippen LogP contribution in [0, 0.1) is 0 Å². The lowest BCUT2D eigenvalue weighted by molar-refractivity contribution is -0.161. The molecule has 0 saturated heterocycles. The van der Waals surface area contributed by atoms with Gasteiger partial charge in [-0.3, -0.25) is 0 Å². The molecule has 0 radical (unpaired) electrons. The van der Waals surface area contributed by atoms with Gasteiger partial charge in [-0.05, 0) is 6.42 Å². The molecule has 0 spiro atoms. The van der Waals surface area contributed by atoms with Gasteiger partial charge in [0.25, 0.3) is 0 Å². The number of carbonyl (C=O) groups excluding carboxylic acids is 1. The van der Waals surface area contributed by atoms with Gasteiger partial charge >= 0.3 is 5.97 Å². The van der Waals surface area contributed by atoms with Crippen molar-refractivity contribution in [2.45, 2.75) is 26.1 Å². The van der Waals surface area contributed by atoms with Crippen LogP contribution in [0.3, 0.4) is 0 Å². The van der Waals surface area contributed by atoms with E-state index in [4.69, 9.17) is 9.84 Å². The van der Waals surface area contributed by atoms with Crippen molar-refractivity contribution < 1.29 is 19.4 Å². The maximum absolute atomic E-state index is 10.5. The van der Waals surface area contributed by atoms with Gasteiger partial charge in [-0.2, -0.15) is 0 Å². The van der Waals surface area contributed by atoms with Gasteiger partial charge < -0.3 is 14.6 Å². The molecule has 1 N–H and O–H groups in total. The number of hydrogen-bond acceptors (Lipinski definition) is 4. The molecule has 0 rings (SSSR count). The monoisotopic (exact) mass is 188 g/mol. The van der Waals surface area contributed by atoms with Crippen molar-refractivity contribution in [3.8, 4) is 0 Å². The van der Waals surface area contributed by atoms with Crippen LogP contribution in [-0.2, 0) is 14.3 Å². The van der Waals surface area contributed by atoms with Gasteiger partial charge in [0.2, 0.25) is 0 Å². The van der Waals surface area contributed by atoms with E-state index >= 15 is 0 Å². The van der Waals surface area contributed by atoms with Crippen molar-refractivity contribution in [2.24, 2.45) is 0 Å². The van der Waals surface area contributed by atoms with Crippen molar-refractivity contribution >= 4 is 5.97 Å². The number of aliphatic hydroxyl groups is 1. The van der Waals surface area contributed by atoms with E-state index in [0.29, 0.717) is 6.61 Å². The summed E-state index contributed by atoms with van der Waals surface area (Å²) in [5, 5.41) is 9.09. The van der Waals surface area contributed by atoms with Gasteiger partial charge in [-0.25, -0.2) is 4.79 Å². The van der Waals surface area contributed by atoms with Crippen LogP contribution < -0.4 is 0 Å². The lowest BCUT2D eigenvalue weighted by Gasteiger charge is -2.10. The molecule has 0 aromatic carbocycles. The molecule has 76 valence electrons. The average Bonchev–Trinajstić information content (AvgIpc) is 2.14. The first kappa shape index (κ1) is 12.1. The highest BCUT2D eigenvalue weighted by Gasteiger charge is 2.05. The van der Waals surface area contributed by atoms with Crippen molar-refractivity contribution in [1.29, 1.82) is 0 Å². The van der Waals surface area contributed by atoms with E-state index in [-0.39, 0.29) is 6.61 Å². The van der Waals surface area contributed by atoms with Crippen molar-refractivity contribution in [1.82, 2.24) is 0 Å². The molecule has 0 saturated carbocycles. The maximum atomic E-state index is 10.5. The Hall–Kier alpha value is -0.870. The van der Waals surface area contributed by atoms with E-state index in [0.717, 1.165) is 18.9 Å². The van der Waals surface area contributed by atoms with Gasteiger partial charge in [0.15, 0.2) is 6.29 Å². The second kappa shape index (κ2) is 7.76. The lowest BCUT2D eigenvalue weighted by atomic mass is 10.4. The minimum Gasteiger partial charge on any atom is -0.457 e. The molecule has 13 heavy (non-hydrogen) atoms. The molecule has 0 fully saturated rings. The molecule has 4 nitrogen and oxygen atoms in total. The molecular weight excluding hydrogens is 172 g/mol. The number of hydrogen-bond donors (Lipinski definition) is 1. The highest BCUT2D eigenvalue weighted by atomic mass is 16.6. The van der Waals surface area contributed by atoms with Gasteiger partial charge in [0.1, 0.15) is 6.61 Å². The molecule has 4 heteroatoms. The zero-order valence-electron chi connectivity index (χ0n) is 7.86. The second-order valence-electron chi connectivity index (χ2n) is 2.51. The van der Waals surface area contributed by atoms with E-state index in [2.05, 4.69) is 11.3 Å². The first-order valence-corrected chi connectivity index (χ1v) is 4.29. The van der Waals surface area contributed by atoms with Crippen LogP contribution in [0.5, 0.6) is 0 Å². The molecule has 0 heterocycles. The predicted molar refractivity (Wildman–Crippen MR) is 48.0 cm³/mol. The summed E-state index contributed by atoms with van der Waals surface area (Å²) >= 11 is 0. The van der Waals surface area contributed by atoms with Gasteiger partial charge in [0.05, 0.1) is 0 Å². The summed E-state index contributed by atoms with van der Waals surface area (Å²) in [5.41, 5.74) is 0. The number of unbranched alkanes of at least 4 members (excludes halogenated alkanes) is 1. The molecular formula is C9H16O4. The molecule has 0 aromatic rings. The third-order valence-electron chi connectivity index (χ3n) is 1.34. The van der Waals surface area contributed by atoms with Crippen LogP contribution in [0.2, 0.25) is 0 Å². The minimum absolute atomic E-state index is 0.144. The van der Waals surface area contributed by atoms with Crippen molar-refractivity contribution in [3.63, 3.8) is 0 Å². The quantitative estimate of drug-likeness (QED) is 0.278. The molecule has 0 aliphatic heterocycles. The molecule has 1 unspecified atom stereocenters. The largest absolute Gasteiger partial charge is 0.457 e. The summed E-state index contributed by atoms with van der Waals surface area (Å²) in [7, 11) is 0. The molecule has 0 aliphatic carbocycles. The highest BCUT2D eigenvalue weighted by Crippen LogP contribution is 1.94. The Morgan fingerprint density at radius 1 is 1.69 bits per heavy atom. The first-order valence-electron chi connectivity index (χ1n) is 4.29. The zero-order valence-corrected chi connectivity index (χ0v) is 7.86. The first-order chi connectivity index (χ1) is 6.20. The number of ether oxygens (including phenoxy) is 2. The summed E-state index contributed by atoms with van der Waals surface area (Å²) < 4.78 is 9.47.